The Bertz CT molecular complexity index is 556. The molecule has 0 spiro atoms. The monoisotopic (exact) mass is 365 g/mol. The van der Waals surface area contributed by atoms with Crippen molar-refractivity contribution in [1.29, 1.82) is 0 Å². The number of carbonyl (C=O) groups is 2. The van der Waals surface area contributed by atoms with E-state index in [0.717, 1.165) is 45.4 Å². The molecule has 1 saturated heterocycles. The normalized spacial score (nSPS) is 14.4. The summed E-state index contributed by atoms with van der Waals surface area (Å²) in [5.74, 6) is 0.103. The number of nitrogens with zero attached hydrogens (tertiary/aromatic N) is 2. The number of piperazine rings is 1. The first-order chi connectivity index (χ1) is 12.1. The quantitative estimate of drug-likeness (QED) is 0.721. The molecule has 25 heavy (non-hydrogen) atoms. The minimum absolute atomic E-state index is 0.0270. The number of amides is 2. The van der Waals surface area contributed by atoms with Crippen LogP contribution in [0.2, 0.25) is 5.02 Å². The SMILES string of the molecule is CCCCCN(CCC(=O)N1CCNCC1)C(=O)c1ccc(Cl)cc1. The van der Waals surface area contributed by atoms with Crippen LogP contribution in [0, 0.1) is 0 Å². The van der Waals surface area contributed by atoms with Crippen LogP contribution >= 0.6 is 11.6 Å². The molecular weight excluding hydrogens is 338 g/mol. The summed E-state index contributed by atoms with van der Waals surface area (Å²) in [7, 11) is 0. The van der Waals surface area contributed by atoms with Crippen molar-refractivity contribution in [2.24, 2.45) is 0 Å². The lowest BCUT2D eigenvalue weighted by atomic mass is 10.1. The molecule has 1 N–H and O–H groups in total. The van der Waals surface area contributed by atoms with Gasteiger partial charge in [0, 0.05) is 56.3 Å². The van der Waals surface area contributed by atoms with Crippen molar-refractivity contribution >= 4 is 23.4 Å². The Morgan fingerprint density at radius 2 is 1.80 bits per heavy atom. The third-order valence-corrected chi connectivity index (χ3v) is 4.73. The molecule has 0 atom stereocenters. The van der Waals surface area contributed by atoms with Gasteiger partial charge in [-0.05, 0) is 30.7 Å². The molecule has 5 nitrogen and oxygen atoms in total. The van der Waals surface area contributed by atoms with Gasteiger partial charge in [0.2, 0.25) is 5.91 Å². The maximum Gasteiger partial charge on any atom is 0.253 e. The van der Waals surface area contributed by atoms with E-state index in [1.165, 1.54) is 0 Å². The second-order valence-electron chi connectivity index (χ2n) is 6.39. The molecule has 1 fully saturated rings. The van der Waals surface area contributed by atoms with Crippen LogP contribution in [0.25, 0.3) is 0 Å². The van der Waals surface area contributed by atoms with Gasteiger partial charge in [-0.15, -0.1) is 0 Å². The van der Waals surface area contributed by atoms with E-state index in [-0.39, 0.29) is 11.8 Å². The third-order valence-electron chi connectivity index (χ3n) is 4.48. The van der Waals surface area contributed by atoms with Crippen LogP contribution in [-0.2, 0) is 4.79 Å². The molecule has 1 aliphatic rings. The molecule has 1 aromatic carbocycles. The minimum atomic E-state index is -0.0270. The summed E-state index contributed by atoms with van der Waals surface area (Å²) in [6.45, 7) is 6.47. The standard InChI is InChI=1S/C19H28ClN3O2/c1-2-3-4-12-23(19(25)16-5-7-17(20)8-6-16)13-9-18(24)22-14-10-21-11-15-22/h5-8,21H,2-4,9-15H2,1H3. The first-order valence-corrected chi connectivity index (χ1v) is 9.53. The van der Waals surface area contributed by atoms with Gasteiger partial charge in [-0.1, -0.05) is 31.4 Å². The van der Waals surface area contributed by atoms with Crippen molar-refractivity contribution in [1.82, 2.24) is 15.1 Å². The molecule has 2 rings (SSSR count). The first kappa shape index (κ1) is 19.7. The van der Waals surface area contributed by atoms with E-state index in [9.17, 15) is 9.59 Å². The van der Waals surface area contributed by atoms with Crippen LogP contribution in [0.15, 0.2) is 24.3 Å². The van der Waals surface area contributed by atoms with Crippen molar-refractivity contribution in [2.75, 3.05) is 39.3 Å². The van der Waals surface area contributed by atoms with Crippen LogP contribution < -0.4 is 5.32 Å². The van der Waals surface area contributed by atoms with E-state index in [2.05, 4.69) is 12.2 Å². The molecule has 0 aromatic heterocycles. The van der Waals surface area contributed by atoms with Gasteiger partial charge in [0.25, 0.3) is 5.91 Å². The number of halogens is 1. The van der Waals surface area contributed by atoms with E-state index in [4.69, 9.17) is 11.6 Å². The maximum atomic E-state index is 12.8. The number of nitrogens with one attached hydrogen (secondary N) is 1. The summed E-state index contributed by atoms with van der Waals surface area (Å²) < 4.78 is 0. The van der Waals surface area contributed by atoms with E-state index >= 15 is 0 Å². The van der Waals surface area contributed by atoms with Crippen LogP contribution in [-0.4, -0.2) is 60.9 Å². The highest BCUT2D eigenvalue weighted by molar-refractivity contribution is 6.30. The van der Waals surface area contributed by atoms with E-state index in [1.807, 2.05) is 4.90 Å². The molecule has 1 heterocycles. The number of hydrogen-bond donors (Lipinski definition) is 1. The molecule has 0 radical (unpaired) electrons. The Morgan fingerprint density at radius 1 is 1.12 bits per heavy atom. The topological polar surface area (TPSA) is 52.7 Å². The summed E-state index contributed by atoms with van der Waals surface area (Å²) in [5.41, 5.74) is 0.621. The summed E-state index contributed by atoms with van der Waals surface area (Å²) in [6, 6.07) is 6.95. The Kier molecular flexibility index (Phi) is 8.22. The molecule has 0 saturated carbocycles. The fourth-order valence-corrected chi connectivity index (χ4v) is 3.07. The average molecular weight is 366 g/mol. The zero-order valence-corrected chi connectivity index (χ0v) is 15.7. The summed E-state index contributed by atoms with van der Waals surface area (Å²) in [4.78, 5) is 28.9. The van der Waals surface area contributed by atoms with Crippen LogP contribution in [0.5, 0.6) is 0 Å². The second kappa shape index (κ2) is 10.4. The third kappa shape index (κ3) is 6.33. The summed E-state index contributed by atoms with van der Waals surface area (Å²) >= 11 is 5.91. The molecule has 1 aliphatic heterocycles. The predicted molar refractivity (Wildman–Crippen MR) is 101 cm³/mol. The minimum Gasteiger partial charge on any atom is -0.340 e. The summed E-state index contributed by atoms with van der Waals surface area (Å²) in [5, 5.41) is 3.86. The Labute approximate surface area is 155 Å². The van der Waals surface area contributed by atoms with Crippen LogP contribution in [0.3, 0.4) is 0 Å². The van der Waals surface area contributed by atoms with E-state index < -0.39 is 0 Å². The van der Waals surface area contributed by atoms with Crippen LogP contribution in [0.1, 0.15) is 43.0 Å². The van der Waals surface area contributed by atoms with Gasteiger partial charge in [0.1, 0.15) is 0 Å². The van der Waals surface area contributed by atoms with Gasteiger partial charge in [-0.2, -0.15) is 0 Å². The Balaban J connectivity index is 1.95. The van der Waals surface area contributed by atoms with Gasteiger partial charge in [0.15, 0.2) is 0 Å². The van der Waals surface area contributed by atoms with Crippen molar-refractivity contribution in [3.63, 3.8) is 0 Å². The lowest BCUT2D eigenvalue weighted by Crippen LogP contribution is -2.47. The number of hydrogen-bond acceptors (Lipinski definition) is 3. The highest BCUT2D eigenvalue weighted by Crippen LogP contribution is 2.13. The zero-order valence-electron chi connectivity index (χ0n) is 15.0. The lowest BCUT2D eigenvalue weighted by molar-refractivity contribution is -0.131. The molecular formula is C19H28ClN3O2. The highest BCUT2D eigenvalue weighted by atomic mass is 35.5. The number of benzene rings is 1. The van der Waals surface area contributed by atoms with Gasteiger partial charge >= 0.3 is 0 Å². The fraction of sp³-hybridized carbons (Fsp3) is 0.579. The summed E-state index contributed by atoms with van der Waals surface area (Å²) in [6.07, 6.45) is 3.52. The first-order valence-electron chi connectivity index (χ1n) is 9.15. The number of carbonyl (C=O) groups excluding carboxylic acids is 2. The van der Waals surface area contributed by atoms with Gasteiger partial charge in [0.05, 0.1) is 0 Å². The fourth-order valence-electron chi connectivity index (χ4n) is 2.95. The maximum absolute atomic E-state index is 12.8. The van der Waals surface area contributed by atoms with Gasteiger partial charge < -0.3 is 15.1 Å². The molecule has 0 bridgehead atoms. The Hall–Kier alpha value is -1.59. The van der Waals surface area contributed by atoms with Crippen molar-refractivity contribution in [3.8, 4) is 0 Å². The largest absolute Gasteiger partial charge is 0.340 e. The molecule has 0 unspecified atom stereocenters. The smallest absolute Gasteiger partial charge is 0.253 e. The second-order valence-corrected chi connectivity index (χ2v) is 6.82. The molecule has 0 aliphatic carbocycles. The highest BCUT2D eigenvalue weighted by Gasteiger charge is 2.20. The Morgan fingerprint density at radius 3 is 2.44 bits per heavy atom. The van der Waals surface area contributed by atoms with Crippen molar-refractivity contribution in [3.05, 3.63) is 34.9 Å². The molecule has 2 amide bonds. The van der Waals surface area contributed by atoms with Crippen molar-refractivity contribution < 1.29 is 9.59 Å². The molecule has 6 heteroatoms. The lowest BCUT2D eigenvalue weighted by Gasteiger charge is -2.29. The number of unbranched alkanes of at least 4 members (excludes halogenated alkanes) is 2. The molecule has 138 valence electrons. The van der Waals surface area contributed by atoms with Crippen molar-refractivity contribution in [2.45, 2.75) is 32.6 Å². The zero-order chi connectivity index (χ0) is 18.1. The molecule has 1 aromatic rings. The van der Waals surface area contributed by atoms with E-state index in [0.29, 0.717) is 30.1 Å². The number of rotatable bonds is 8. The van der Waals surface area contributed by atoms with E-state index in [1.54, 1.807) is 29.2 Å². The average Bonchev–Trinajstić information content (AvgIpc) is 2.65. The van der Waals surface area contributed by atoms with Crippen LogP contribution in [0.4, 0.5) is 0 Å². The van der Waals surface area contributed by atoms with Gasteiger partial charge in [-0.3, -0.25) is 9.59 Å². The predicted octanol–water partition coefficient (Wildman–Crippen LogP) is 2.79. The van der Waals surface area contributed by atoms with Gasteiger partial charge in [-0.25, -0.2) is 0 Å².